The molecule has 0 amide bonds. The molecule has 0 radical (unpaired) electrons. The van der Waals surface area contributed by atoms with Crippen LogP contribution in [0.5, 0.6) is 5.75 Å². The number of hydrogen-bond donors (Lipinski definition) is 0. The first-order valence-corrected chi connectivity index (χ1v) is 3.53. The molecule has 0 saturated carbocycles. The molecule has 78 valence electrons. The highest BCUT2D eigenvalue weighted by atomic mass is 19.3. The second-order valence-electron chi connectivity index (χ2n) is 2.39. The van der Waals surface area contributed by atoms with Crippen molar-refractivity contribution in [3.8, 4) is 5.75 Å². The van der Waals surface area contributed by atoms with E-state index in [4.69, 9.17) is 0 Å². The van der Waals surface area contributed by atoms with E-state index in [0.717, 1.165) is 12.1 Å². The van der Waals surface area contributed by atoms with Gasteiger partial charge in [-0.15, -0.1) is 0 Å². The molecule has 0 atom stereocenters. The smallest absolute Gasteiger partial charge is 0.425 e. The van der Waals surface area contributed by atoms with E-state index in [0.29, 0.717) is 0 Å². The lowest BCUT2D eigenvalue weighted by Gasteiger charge is -2.16. The minimum absolute atomic E-state index is 0.830. The Labute approximate surface area is 76.1 Å². The fourth-order valence-corrected chi connectivity index (χ4v) is 0.719. The Hall–Kier alpha value is -1.33. The van der Waals surface area contributed by atoms with Crippen LogP contribution >= 0.6 is 0 Å². The molecule has 0 unspecified atom stereocenters. The molecule has 0 fully saturated rings. The molecule has 0 saturated heterocycles. The van der Waals surface area contributed by atoms with Gasteiger partial charge in [0.2, 0.25) is 0 Å². The molecular weight excluding hydrogens is 207 g/mol. The van der Waals surface area contributed by atoms with Crippen molar-refractivity contribution in [2.24, 2.45) is 0 Å². The number of benzene rings is 1. The number of para-hydroxylation sites is 1. The van der Waals surface area contributed by atoms with E-state index in [1.54, 1.807) is 0 Å². The third-order valence-corrected chi connectivity index (χ3v) is 1.34. The predicted octanol–water partition coefficient (Wildman–Crippen LogP) is 3.06. The maximum Gasteiger partial charge on any atom is 0.461 e. The first kappa shape index (κ1) is 10.7. The van der Waals surface area contributed by atoms with Crippen LogP contribution in [-0.2, 0) is 0 Å². The molecule has 0 bridgehead atoms. The van der Waals surface area contributed by atoms with Gasteiger partial charge >= 0.3 is 12.5 Å². The zero-order chi connectivity index (χ0) is 10.8. The van der Waals surface area contributed by atoms with Gasteiger partial charge in [-0.1, -0.05) is 12.1 Å². The van der Waals surface area contributed by atoms with Crippen molar-refractivity contribution in [2.45, 2.75) is 12.5 Å². The van der Waals surface area contributed by atoms with Crippen LogP contribution in [0.15, 0.2) is 24.3 Å². The summed E-state index contributed by atoms with van der Waals surface area (Å²) in [6.07, 6.45) is -8.68. The third-order valence-electron chi connectivity index (χ3n) is 1.34. The molecule has 14 heavy (non-hydrogen) atoms. The summed E-state index contributed by atoms with van der Waals surface area (Å²) in [6, 6.07) is 4.09. The Morgan fingerprint density at radius 1 is 1.14 bits per heavy atom. The minimum Gasteiger partial charge on any atom is -0.425 e. The lowest BCUT2D eigenvalue weighted by Crippen LogP contribution is -2.33. The Bertz CT molecular complexity index is 312. The van der Waals surface area contributed by atoms with Crippen LogP contribution in [-0.4, -0.2) is 12.5 Å². The molecule has 1 nitrogen and oxygen atoms in total. The van der Waals surface area contributed by atoms with Crippen molar-refractivity contribution >= 4 is 0 Å². The van der Waals surface area contributed by atoms with E-state index in [-0.39, 0.29) is 0 Å². The van der Waals surface area contributed by atoms with Crippen molar-refractivity contribution in [1.82, 2.24) is 0 Å². The molecule has 0 spiro atoms. The highest BCUT2D eigenvalue weighted by Crippen LogP contribution is 2.28. The van der Waals surface area contributed by atoms with Crippen LogP contribution in [0.25, 0.3) is 0 Å². The standard InChI is InChI=1S/C8H5F5O/c9-5-3-1-2-4-6(5)14-8(12,13)7(10)11/h1-4,7H. The number of hydrogen-bond acceptors (Lipinski definition) is 1. The first-order chi connectivity index (χ1) is 6.43. The van der Waals surface area contributed by atoms with Crippen LogP contribution in [0.1, 0.15) is 0 Å². The number of rotatable bonds is 3. The Morgan fingerprint density at radius 2 is 1.71 bits per heavy atom. The number of halogens is 5. The molecule has 0 aliphatic heterocycles. The number of ether oxygens (including phenoxy) is 1. The molecule has 1 aromatic carbocycles. The van der Waals surface area contributed by atoms with Crippen LogP contribution < -0.4 is 4.74 Å². The van der Waals surface area contributed by atoms with Gasteiger partial charge in [0.25, 0.3) is 0 Å². The van der Waals surface area contributed by atoms with E-state index in [2.05, 4.69) is 4.74 Å². The van der Waals surface area contributed by atoms with Crippen molar-refractivity contribution < 1.29 is 26.7 Å². The van der Waals surface area contributed by atoms with Gasteiger partial charge < -0.3 is 4.74 Å². The molecule has 0 heterocycles. The van der Waals surface area contributed by atoms with Gasteiger partial charge in [0.15, 0.2) is 11.6 Å². The highest BCUT2D eigenvalue weighted by Gasteiger charge is 2.44. The van der Waals surface area contributed by atoms with Crippen molar-refractivity contribution in [1.29, 1.82) is 0 Å². The van der Waals surface area contributed by atoms with Gasteiger partial charge in [-0.2, -0.15) is 17.6 Å². The normalized spacial score (nSPS) is 11.9. The maximum absolute atomic E-state index is 12.7. The summed E-state index contributed by atoms with van der Waals surface area (Å²) in [4.78, 5) is 0. The molecular formula is C8H5F5O. The molecule has 0 aliphatic rings. The van der Waals surface area contributed by atoms with Gasteiger partial charge in [0, 0.05) is 0 Å². The summed E-state index contributed by atoms with van der Waals surface area (Å²) in [5.74, 6) is -2.02. The second-order valence-corrected chi connectivity index (χ2v) is 2.39. The SMILES string of the molecule is Fc1ccccc1OC(F)(F)C(F)F. The quantitative estimate of drug-likeness (QED) is 0.699. The average Bonchev–Trinajstić information content (AvgIpc) is 2.08. The van der Waals surface area contributed by atoms with Crippen LogP contribution in [0.3, 0.4) is 0 Å². The minimum atomic E-state index is -4.68. The van der Waals surface area contributed by atoms with Gasteiger partial charge in [-0.3, -0.25) is 0 Å². The van der Waals surface area contributed by atoms with E-state index < -0.39 is 24.1 Å². The summed E-state index contributed by atoms with van der Waals surface area (Å²) in [6.45, 7) is 0. The molecule has 6 heteroatoms. The highest BCUT2D eigenvalue weighted by molar-refractivity contribution is 5.23. The van der Waals surface area contributed by atoms with E-state index >= 15 is 0 Å². The summed E-state index contributed by atoms with van der Waals surface area (Å²) < 4.78 is 64.0. The predicted molar refractivity (Wildman–Crippen MR) is 38.0 cm³/mol. The zero-order valence-electron chi connectivity index (χ0n) is 6.68. The van der Waals surface area contributed by atoms with Crippen molar-refractivity contribution in [3.05, 3.63) is 30.1 Å². The lowest BCUT2D eigenvalue weighted by molar-refractivity contribution is -0.254. The largest absolute Gasteiger partial charge is 0.461 e. The van der Waals surface area contributed by atoms with Gasteiger partial charge in [-0.05, 0) is 12.1 Å². The van der Waals surface area contributed by atoms with Crippen LogP contribution in [0.2, 0.25) is 0 Å². The maximum atomic E-state index is 12.7. The molecule has 1 rings (SSSR count). The summed E-state index contributed by atoms with van der Waals surface area (Å²) in [5, 5.41) is 0. The fourth-order valence-electron chi connectivity index (χ4n) is 0.719. The number of alkyl halides is 4. The lowest BCUT2D eigenvalue weighted by atomic mass is 10.3. The second kappa shape index (κ2) is 3.81. The summed E-state index contributed by atoms with van der Waals surface area (Å²) in [5.41, 5.74) is 0. The molecule has 1 aromatic rings. The summed E-state index contributed by atoms with van der Waals surface area (Å²) in [7, 11) is 0. The van der Waals surface area contributed by atoms with E-state index in [1.807, 2.05) is 0 Å². The molecule has 0 aromatic heterocycles. The Morgan fingerprint density at radius 3 is 2.21 bits per heavy atom. The topological polar surface area (TPSA) is 9.23 Å². The molecule has 0 aliphatic carbocycles. The van der Waals surface area contributed by atoms with Gasteiger partial charge in [0.05, 0.1) is 0 Å². The van der Waals surface area contributed by atoms with Gasteiger partial charge in [-0.25, -0.2) is 4.39 Å². The van der Waals surface area contributed by atoms with Gasteiger partial charge in [0.1, 0.15) is 0 Å². The van der Waals surface area contributed by atoms with Crippen LogP contribution in [0.4, 0.5) is 22.0 Å². The monoisotopic (exact) mass is 212 g/mol. The summed E-state index contributed by atoms with van der Waals surface area (Å²) >= 11 is 0. The zero-order valence-corrected chi connectivity index (χ0v) is 6.68. The fraction of sp³-hybridized carbons (Fsp3) is 0.250. The van der Waals surface area contributed by atoms with E-state index in [9.17, 15) is 22.0 Å². The third kappa shape index (κ3) is 2.34. The van der Waals surface area contributed by atoms with E-state index in [1.165, 1.54) is 12.1 Å². The van der Waals surface area contributed by atoms with Crippen LogP contribution in [0, 0.1) is 5.82 Å². The molecule has 0 N–H and O–H groups in total. The van der Waals surface area contributed by atoms with Crippen molar-refractivity contribution in [2.75, 3.05) is 0 Å². The van der Waals surface area contributed by atoms with Crippen molar-refractivity contribution in [3.63, 3.8) is 0 Å². The average molecular weight is 212 g/mol. The Kier molecular flexibility index (Phi) is 2.93. The first-order valence-electron chi connectivity index (χ1n) is 3.53. The Balaban J connectivity index is 2.84.